The second-order valence-corrected chi connectivity index (χ2v) is 8.51. The van der Waals surface area contributed by atoms with E-state index in [0.29, 0.717) is 27.7 Å². The van der Waals surface area contributed by atoms with Crippen LogP contribution >= 0.6 is 23.2 Å². The summed E-state index contributed by atoms with van der Waals surface area (Å²) in [6.45, 7) is 3.95. The summed E-state index contributed by atoms with van der Waals surface area (Å²) < 4.78 is 0. The van der Waals surface area contributed by atoms with Crippen LogP contribution in [0.3, 0.4) is 0 Å². The standard InChI is InChI=1S/C22H26Cl2N6O2/c1-5-13(2)19(21(31)27-12-17-6-7-26-18(11-25)28-17)29-22(32)20(30(3)4)14-8-15(23)10-16(24)9-14/h6-10,13,19-20H,5,12H2,1-4H3,(H,27,31)(H,29,32)/t13-,19-,20-/m0/s1. The Morgan fingerprint density at radius 3 is 2.41 bits per heavy atom. The summed E-state index contributed by atoms with van der Waals surface area (Å²) in [4.78, 5) is 35.8. The van der Waals surface area contributed by atoms with E-state index in [2.05, 4.69) is 20.6 Å². The zero-order valence-corrected chi connectivity index (χ0v) is 19.9. The van der Waals surface area contributed by atoms with E-state index in [1.807, 2.05) is 19.9 Å². The molecule has 1 aromatic carbocycles. The zero-order chi connectivity index (χ0) is 23.8. The molecule has 0 saturated heterocycles. The maximum Gasteiger partial charge on any atom is 0.243 e. The van der Waals surface area contributed by atoms with Crippen molar-refractivity contribution < 1.29 is 9.59 Å². The van der Waals surface area contributed by atoms with Crippen molar-refractivity contribution in [1.82, 2.24) is 25.5 Å². The Balaban J connectivity index is 2.19. The van der Waals surface area contributed by atoms with Crippen LogP contribution in [0.2, 0.25) is 10.0 Å². The van der Waals surface area contributed by atoms with Gasteiger partial charge in [0.25, 0.3) is 0 Å². The topological polar surface area (TPSA) is 111 Å². The van der Waals surface area contributed by atoms with Crippen LogP contribution in [0.4, 0.5) is 0 Å². The average molecular weight is 477 g/mol. The number of hydrogen-bond acceptors (Lipinski definition) is 6. The first-order valence-corrected chi connectivity index (χ1v) is 10.8. The summed E-state index contributed by atoms with van der Waals surface area (Å²) in [5.74, 6) is -0.781. The molecule has 2 amide bonds. The van der Waals surface area contributed by atoms with Crippen LogP contribution in [0.5, 0.6) is 0 Å². The summed E-state index contributed by atoms with van der Waals surface area (Å²) in [5, 5.41) is 15.4. The van der Waals surface area contributed by atoms with Crippen LogP contribution in [0.1, 0.15) is 43.4 Å². The average Bonchev–Trinajstić information content (AvgIpc) is 2.74. The van der Waals surface area contributed by atoms with Crippen LogP contribution < -0.4 is 10.6 Å². The van der Waals surface area contributed by atoms with Gasteiger partial charge in [-0.15, -0.1) is 0 Å². The van der Waals surface area contributed by atoms with Crippen LogP contribution in [-0.2, 0) is 16.1 Å². The zero-order valence-electron chi connectivity index (χ0n) is 18.4. The third-order valence-corrected chi connectivity index (χ3v) is 5.45. The quantitative estimate of drug-likeness (QED) is 0.574. The summed E-state index contributed by atoms with van der Waals surface area (Å²) >= 11 is 12.2. The lowest BCUT2D eigenvalue weighted by atomic mass is 9.97. The number of nitrogens with one attached hydrogen (secondary N) is 2. The molecule has 170 valence electrons. The number of benzene rings is 1. The molecule has 0 aliphatic rings. The van der Waals surface area contributed by atoms with E-state index in [1.165, 1.54) is 6.20 Å². The molecule has 0 aliphatic heterocycles. The van der Waals surface area contributed by atoms with Crippen LogP contribution in [0.15, 0.2) is 30.5 Å². The van der Waals surface area contributed by atoms with E-state index in [-0.39, 0.29) is 30.1 Å². The van der Waals surface area contributed by atoms with Gasteiger partial charge in [-0.25, -0.2) is 9.97 Å². The molecular formula is C22H26Cl2N6O2. The lowest BCUT2D eigenvalue weighted by Gasteiger charge is -2.29. The first-order valence-electron chi connectivity index (χ1n) is 10.1. The second-order valence-electron chi connectivity index (χ2n) is 7.64. The number of nitrogens with zero attached hydrogens (tertiary/aromatic N) is 4. The molecule has 10 heteroatoms. The number of carbonyl (C=O) groups excluding carboxylic acids is 2. The van der Waals surface area contributed by atoms with Crippen molar-refractivity contribution in [2.24, 2.45) is 5.92 Å². The van der Waals surface area contributed by atoms with Crippen LogP contribution in [0.25, 0.3) is 0 Å². The van der Waals surface area contributed by atoms with E-state index in [4.69, 9.17) is 28.5 Å². The van der Waals surface area contributed by atoms with Gasteiger partial charge in [0.05, 0.1) is 12.2 Å². The third kappa shape index (κ3) is 6.89. The van der Waals surface area contributed by atoms with Crippen molar-refractivity contribution in [1.29, 1.82) is 5.26 Å². The van der Waals surface area contributed by atoms with Crippen molar-refractivity contribution in [2.75, 3.05) is 14.1 Å². The minimum Gasteiger partial charge on any atom is -0.349 e. The second kappa shape index (κ2) is 11.8. The predicted molar refractivity (Wildman–Crippen MR) is 123 cm³/mol. The smallest absolute Gasteiger partial charge is 0.243 e. The van der Waals surface area contributed by atoms with Crippen molar-refractivity contribution in [3.8, 4) is 6.07 Å². The molecule has 1 aromatic heterocycles. The van der Waals surface area contributed by atoms with E-state index in [1.54, 1.807) is 43.3 Å². The van der Waals surface area contributed by atoms with Gasteiger partial charge in [-0.1, -0.05) is 43.5 Å². The molecule has 0 radical (unpaired) electrons. The number of nitriles is 1. The summed E-state index contributed by atoms with van der Waals surface area (Å²) in [5.41, 5.74) is 1.12. The van der Waals surface area contributed by atoms with Crippen LogP contribution in [0, 0.1) is 17.2 Å². The summed E-state index contributed by atoms with van der Waals surface area (Å²) in [7, 11) is 3.53. The molecule has 0 aliphatic carbocycles. The van der Waals surface area contributed by atoms with Crippen molar-refractivity contribution in [2.45, 2.75) is 38.9 Å². The molecule has 0 fully saturated rings. The van der Waals surface area contributed by atoms with Gasteiger partial charge in [0, 0.05) is 16.2 Å². The van der Waals surface area contributed by atoms with Gasteiger partial charge < -0.3 is 10.6 Å². The first-order chi connectivity index (χ1) is 15.2. The molecule has 0 unspecified atom stereocenters. The molecule has 0 bridgehead atoms. The van der Waals surface area contributed by atoms with Gasteiger partial charge in [0.1, 0.15) is 18.2 Å². The fourth-order valence-corrected chi connectivity index (χ4v) is 3.73. The number of halogens is 2. The van der Waals surface area contributed by atoms with Gasteiger partial charge in [-0.3, -0.25) is 14.5 Å². The van der Waals surface area contributed by atoms with Crippen molar-refractivity contribution >= 4 is 35.0 Å². The van der Waals surface area contributed by atoms with Gasteiger partial charge in [-0.05, 0) is 49.8 Å². The highest BCUT2D eigenvalue weighted by Gasteiger charge is 2.31. The Bertz CT molecular complexity index is 988. The van der Waals surface area contributed by atoms with E-state index < -0.39 is 12.1 Å². The molecule has 2 rings (SSSR count). The van der Waals surface area contributed by atoms with Crippen LogP contribution in [-0.4, -0.2) is 46.8 Å². The van der Waals surface area contributed by atoms with Gasteiger partial charge in [0.2, 0.25) is 17.6 Å². The third-order valence-electron chi connectivity index (χ3n) is 5.02. The minimum atomic E-state index is -0.762. The summed E-state index contributed by atoms with van der Waals surface area (Å²) in [6.07, 6.45) is 2.14. The van der Waals surface area contributed by atoms with E-state index >= 15 is 0 Å². The molecule has 1 heterocycles. The van der Waals surface area contributed by atoms with Crippen molar-refractivity contribution in [3.05, 3.63) is 57.6 Å². The highest BCUT2D eigenvalue weighted by atomic mass is 35.5. The van der Waals surface area contributed by atoms with Gasteiger partial charge in [-0.2, -0.15) is 5.26 Å². The highest BCUT2D eigenvalue weighted by molar-refractivity contribution is 6.34. The molecule has 32 heavy (non-hydrogen) atoms. The maximum absolute atomic E-state index is 13.2. The number of amides is 2. The molecule has 2 aromatic rings. The highest BCUT2D eigenvalue weighted by Crippen LogP contribution is 2.26. The number of rotatable bonds is 9. The number of carbonyl (C=O) groups is 2. The lowest BCUT2D eigenvalue weighted by molar-refractivity contribution is -0.132. The fourth-order valence-electron chi connectivity index (χ4n) is 3.19. The molecule has 0 saturated carbocycles. The number of aromatic nitrogens is 2. The Labute approximate surface area is 197 Å². The Morgan fingerprint density at radius 2 is 1.84 bits per heavy atom. The maximum atomic E-state index is 13.2. The SMILES string of the molecule is CC[C@H](C)[C@H](NC(=O)[C@H](c1cc(Cl)cc(Cl)c1)N(C)C)C(=O)NCc1ccnc(C#N)n1. The predicted octanol–water partition coefficient (Wildman–Crippen LogP) is 3.11. The first kappa shape index (κ1) is 25.5. The number of hydrogen-bond donors (Lipinski definition) is 2. The van der Waals surface area contributed by atoms with Crippen molar-refractivity contribution in [3.63, 3.8) is 0 Å². The number of likely N-dealkylation sites (N-methyl/N-ethyl adjacent to an activating group) is 1. The fraction of sp³-hybridized carbons (Fsp3) is 0.409. The van der Waals surface area contributed by atoms with Gasteiger partial charge in [0.15, 0.2) is 0 Å². The molecular weight excluding hydrogens is 451 g/mol. The molecule has 8 nitrogen and oxygen atoms in total. The Hall–Kier alpha value is -2.73. The molecule has 2 N–H and O–H groups in total. The molecule has 0 spiro atoms. The largest absolute Gasteiger partial charge is 0.349 e. The lowest BCUT2D eigenvalue weighted by Crippen LogP contribution is -2.52. The monoisotopic (exact) mass is 476 g/mol. The van der Waals surface area contributed by atoms with E-state index in [9.17, 15) is 9.59 Å². The van der Waals surface area contributed by atoms with Gasteiger partial charge >= 0.3 is 0 Å². The Kier molecular flexibility index (Phi) is 9.39. The summed E-state index contributed by atoms with van der Waals surface area (Å²) in [6, 6.07) is 6.98. The minimum absolute atomic E-state index is 0.0255. The van der Waals surface area contributed by atoms with E-state index in [0.717, 1.165) is 0 Å². The molecule has 3 atom stereocenters. The normalized spacial score (nSPS) is 13.7. The Morgan fingerprint density at radius 1 is 1.19 bits per heavy atom.